The second-order valence-corrected chi connectivity index (χ2v) is 5.46. The van der Waals surface area contributed by atoms with Crippen molar-refractivity contribution in [2.75, 3.05) is 13.1 Å². The highest BCUT2D eigenvalue weighted by molar-refractivity contribution is 5.89. The van der Waals surface area contributed by atoms with Crippen molar-refractivity contribution in [1.29, 1.82) is 0 Å². The molecular formula is C13H22N2O2. The van der Waals surface area contributed by atoms with Gasteiger partial charge in [0.1, 0.15) is 6.04 Å². The molecule has 0 bridgehead atoms. The molecule has 1 aliphatic carbocycles. The Hall–Kier alpha value is -1.06. The molecule has 0 aromatic rings. The second kappa shape index (κ2) is 5.07. The molecule has 4 heteroatoms. The van der Waals surface area contributed by atoms with Gasteiger partial charge in [-0.25, -0.2) is 0 Å². The predicted octanol–water partition coefficient (Wildman–Crippen LogP) is 1.16. The minimum Gasteiger partial charge on any atom is -0.353 e. The Labute approximate surface area is 103 Å². The number of rotatable bonds is 1. The third-order valence-electron chi connectivity index (χ3n) is 4.15. The van der Waals surface area contributed by atoms with Crippen LogP contribution in [0.25, 0.3) is 0 Å². The fourth-order valence-electron chi connectivity index (χ4n) is 2.83. The molecule has 2 amide bonds. The van der Waals surface area contributed by atoms with Gasteiger partial charge in [0.15, 0.2) is 0 Å². The standard InChI is InChI=1S/C13H22N2O2/c1-9-3-5-11(6-4-9)13(17)15-8-7-14-12(16)10(15)2/h9-11H,3-8H2,1-2H3,(H,14,16). The maximum atomic E-state index is 12.4. The Balaban J connectivity index is 1.97. The number of carbonyl (C=O) groups is 2. The van der Waals surface area contributed by atoms with Crippen LogP contribution in [-0.2, 0) is 9.59 Å². The van der Waals surface area contributed by atoms with Gasteiger partial charge in [0.05, 0.1) is 0 Å². The molecule has 0 aromatic carbocycles. The van der Waals surface area contributed by atoms with Crippen LogP contribution < -0.4 is 5.32 Å². The first-order chi connectivity index (χ1) is 8.09. The van der Waals surface area contributed by atoms with Crippen molar-refractivity contribution in [1.82, 2.24) is 10.2 Å². The molecule has 2 aliphatic rings. The maximum Gasteiger partial charge on any atom is 0.242 e. The fraction of sp³-hybridized carbons (Fsp3) is 0.846. The zero-order valence-electron chi connectivity index (χ0n) is 10.7. The number of piperazine rings is 1. The lowest BCUT2D eigenvalue weighted by Crippen LogP contribution is -2.57. The Morgan fingerprint density at radius 1 is 1.24 bits per heavy atom. The Bertz CT molecular complexity index is 309. The summed E-state index contributed by atoms with van der Waals surface area (Å²) in [5.41, 5.74) is 0. The average Bonchev–Trinajstić information content (AvgIpc) is 2.33. The third kappa shape index (κ3) is 2.61. The number of nitrogens with one attached hydrogen (secondary N) is 1. The van der Waals surface area contributed by atoms with Gasteiger partial charge in [-0.1, -0.05) is 6.92 Å². The van der Waals surface area contributed by atoms with Gasteiger partial charge in [-0.3, -0.25) is 9.59 Å². The first-order valence-corrected chi connectivity index (χ1v) is 6.67. The van der Waals surface area contributed by atoms with Gasteiger partial charge in [0.2, 0.25) is 11.8 Å². The van der Waals surface area contributed by atoms with Crippen LogP contribution in [0.3, 0.4) is 0 Å². The summed E-state index contributed by atoms with van der Waals surface area (Å²) < 4.78 is 0. The molecule has 1 N–H and O–H groups in total. The number of nitrogens with zero attached hydrogens (tertiary/aromatic N) is 1. The van der Waals surface area contributed by atoms with Crippen LogP contribution in [0, 0.1) is 11.8 Å². The van der Waals surface area contributed by atoms with Crippen LogP contribution in [0.15, 0.2) is 0 Å². The van der Waals surface area contributed by atoms with Gasteiger partial charge in [-0.2, -0.15) is 0 Å². The van der Waals surface area contributed by atoms with Crippen LogP contribution >= 0.6 is 0 Å². The van der Waals surface area contributed by atoms with Crippen LogP contribution in [0.1, 0.15) is 39.5 Å². The molecule has 0 spiro atoms. The molecule has 2 rings (SSSR count). The van der Waals surface area contributed by atoms with Crippen molar-refractivity contribution in [3.63, 3.8) is 0 Å². The number of hydrogen-bond donors (Lipinski definition) is 1. The summed E-state index contributed by atoms with van der Waals surface area (Å²) in [7, 11) is 0. The SMILES string of the molecule is CC1CCC(C(=O)N2CCNC(=O)C2C)CC1. The molecule has 1 heterocycles. The van der Waals surface area contributed by atoms with Crippen molar-refractivity contribution in [2.24, 2.45) is 11.8 Å². The molecule has 1 saturated carbocycles. The van der Waals surface area contributed by atoms with Gasteiger partial charge < -0.3 is 10.2 Å². The van der Waals surface area contributed by atoms with E-state index in [-0.39, 0.29) is 23.8 Å². The van der Waals surface area contributed by atoms with E-state index in [1.807, 2.05) is 6.92 Å². The first kappa shape index (κ1) is 12.4. The number of carbonyl (C=O) groups excluding carboxylic acids is 2. The smallest absolute Gasteiger partial charge is 0.242 e. The first-order valence-electron chi connectivity index (χ1n) is 6.67. The zero-order valence-corrected chi connectivity index (χ0v) is 10.7. The molecule has 0 aromatic heterocycles. The second-order valence-electron chi connectivity index (χ2n) is 5.46. The zero-order chi connectivity index (χ0) is 12.4. The van der Waals surface area contributed by atoms with E-state index in [0.717, 1.165) is 31.6 Å². The minimum absolute atomic E-state index is 0.0197. The maximum absolute atomic E-state index is 12.4. The summed E-state index contributed by atoms with van der Waals surface area (Å²) in [5.74, 6) is 1.08. The van der Waals surface area contributed by atoms with Gasteiger partial charge in [-0.15, -0.1) is 0 Å². The molecule has 96 valence electrons. The van der Waals surface area contributed by atoms with Crippen molar-refractivity contribution >= 4 is 11.8 Å². The predicted molar refractivity (Wildman–Crippen MR) is 65.3 cm³/mol. The number of amides is 2. The van der Waals surface area contributed by atoms with E-state index < -0.39 is 0 Å². The molecule has 2 fully saturated rings. The Morgan fingerprint density at radius 2 is 1.88 bits per heavy atom. The average molecular weight is 238 g/mol. The van der Waals surface area contributed by atoms with Gasteiger partial charge in [0.25, 0.3) is 0 Å². The summed E-state index contributed by atoms with van der Waals surface area (Å²) >= 11 is 0. The van der Waals surface area contributed by atoms with E-state index in [4.69, 9.17) is 0 Å². The molecule has 0 radical (unpaired) electrons. The molecule has 1 atom stereocenters. The van der Waals surface area contributed by atoms with E-state index in [0.29, 0.717) is 13.1 Å². The normalized spacial score (nSPS) is 34.4. The van der Waals surface area contributed by atoms with Crippen LogP contribution in [0.4, 0.5) is 0 Å². The Morgan fingerprint density at radius 3 is 2.53 bits per heavy atom. The topological polar surface area (TPSA) is 49.4 Å². The molecule has 17 heavy (non-hydrogen) atoms. The van der Waals surface area contributed by atoms with E-state index >= 15 is 0 Å². The molecular weight excluding hydrogens is 216 g/mol. The lowest BCUT2D eigenvalue weighted by molar-refractivity contribution is -0.146. The van der Waals surface area contributed by atoms with Crippen LogP contribution in [-0.4, -0.2) is 35.8 Å². The quantitative estimate of drug-likeness (QED) is 0.745. The molecule has 1 unspecified atom stereocenters. The van der Waals surface area contributed by atoms with E-state index in [1.165, 1.54) is 0 Å². The fourth-order valence-corrected chi connectivity index (χ4v) is 2.83. The lowest BCUT2D eigenvalue weighted by Gasteiger charge is -2.37. The van der Waals surface area contributed by atoms with Crippen molar-refractivity contribution in [3.8, 4) is 0 Å². The minimum atomic E-state index is -0.296. The number of hydrogen-bond acceptors (Lipinski definition) is 2. The van der Waals surface area contributed by atoms with Gasteiger partial charge in [-0.05, 0) is 38.5 Å². The molecule has 1 aliphatic heterocycles. The van der Waals surface area contributed by atoms with Crippen molar-refractivity contribution in [2.45, 2.75) is 45.6 Å². The van der Waals surface area contributed by atoms with Crippen molar-refractivity contribution < 1.29 is 9.59 Å². The highest BCUT2D eigenvalue weighted by Gasteiger charge is 2.34. The third-order valence-corrected chi connectivity index (χ3v) is 4.15. The molecule has 4 nitrogen and oxygen atoms in total. The van der Waals surface area contributed by atoms with Crippen LogP contribution in [0.2, 0.25) is 0 Å². The summed E-state index contributed by atoms with van der Waals surface area (Å²) in [5, 5.41) is 2.79. The summed E-state index contributed by atoms with van der Waals surface area (Å²) in [6.45, 7) is 5.32. The van der Waals surface area contributed by atoms with Crippen molar-refractivity contribution in [3.05, 3.63) is 0 Å². The van der Waals surface area contributed by atoms with E-state index in [1.54, 1.807) is 4.90 Å². The highest BCUT2D eigenvalue weighted by atomic mass is 16.2. The lowest BCUT2D eigenvalue weighted by atomic mass is 9.82. The van der Waals surface area contributed by atoms with Crippen LogP contribution in [0.5, 0.6) is 0 Å². The van der Waals surface area contributed by atoms with Gasteiger partial charge >= 0.3 is 0 Å². The summed E-state index contributed by atoms with van der Waals surface area (Å²) in [6, 6.07) is -0.296. The van der Waals surface area contributed by atoms with Gasteiger partial charge in [0, 0.05) is 19.0 Å². The monoisotopic (exact) mass is 238 g/mol. The summed E-state index contributed by atoms with van der Waals surface area (Å²) in [4.78, 5) is 25.7. The summed E-state index contributed by atoms with van der Waals surface area (Å²) in [6.07, 6.45) is 4.27. The Kier molecular flexibility index (Phi) is 3.69. The largest absolute Gasteiger partial charge is 0.353 e. The van der Waals surface area contributed by atoms with E-state index in [2.05, 4.69) is 12.2 Å². The highest BCUT2D eigenvalue weighted by Crippen LogP contribution is 2.30. The molecule has 1 saturated heterocycles. The van der Waals surface area contributed by atoms with E-state index in [9.17, 15) is 9.59 Å².